The van der Waals surface area contributed by atoms with Gasteiger partial charge in [0.2, 0.25) is 6.79 Å². The maximum atomic E-state index is 12.9. The highest BCUT2D eigenvalue weighted by Crippen LogP contribution is 2.63. The van der Waals surface area contributed by atoms with Crippen LogP contribution in [0.1, 0.15) is 75.6 Å². The van der Waals surface area contributed by atoms with Crippen molar-refractivity contribution in [2.75, 3.05) is 13.3 Å². The zero-order valence-corrected chi connectivity index (χ0v) is 20.5. The van der Waals surface area contributed by atoms with Crippen molar-refractivity contribution >= 4 is 5.91 Å². The highest BCUT2D eigenvalue weighted by Gasteiger charge is 2.56. The first kappa shape index (κ1) is 23.7. The molecule has 186 valence electrons. The van der Waals surface area contributed by atoms with Gasteiger partial charge < -0.3 is 25.0 Å². The summed E-state index contributed by atoms with van der Waals surface area (Å²) in [5, 5.41) is 24.4. The molecule has 0 spiro atoms. The largest absolute Gasteiger partial charge is 0.454 e. The molecule has 0 radical (unpaired) electrons. The molecule has 1 heterocycles. The van der Waals surface area contributed by atoms with Crippen molar-refractivity contribution in [1.29, 1.82) is 0 Å². The standard InChI is InChI=1S/C28H39NO5/c1-17-4-6-21-20(10-13-29-26(32)18-5-7-23-24(14-18)34-16-33-23)22(9-12-27(17,21)2)28(3)11-8-19(30)15-25(28)31/h5,7,14,19-22,25,30-31H,1,4,6,8-13,15-16H2,2-3H3,(H,29,32)/t19-,20-,21-,22-,25-,27+,28+/m0/s1. The van der Waals surface area contributed by atoms with E-state index in [4.69, 9.17) is 9.47 Å². The van der Waals surface area contributed by atoms with Crippen molar-refractivity contribution in [2.45, 2.75) is 77.4 Å². The van der Waals surface area contributed by atoms with Crippen LogP contribution in [-0.4, -0.2) is 41.7 Å². The minimum atomic E-state index is -0.485. The Bertz CT molecular complexity index is 962. The summed E-state index contributed by atoms with van der Waals surface area (Å²) in [5.41, 5.74) is 1.90. The van der Waals surface area contributed by atoms with E-state index in [1.807, 2.05) is 0 Å². The second-order valence-corrected chi connectivity index (χ2v) is 11.5. The van der Waals surface area contributed by atoms with E-state index < -0.39 is 12.2 Å². The third kappa shape index (κ3) is 3.93. The average Bonchev–Trinajstić information content (AvgIpc) is 3.40. The Morgan fingerprint density at radius 1 is 1.12 bits per heavy atom. The molecule has 0 unspecified atom stereocenters. The molecule has 7 atom stereocenters. The number of carbonyl (C=O) groups excluding carboxylic acids is 1. The van der Waals surface area contributed by atoms with Crippen LogP contribution in [-0.2, 0) is 0 Å². The first-order valence-electron chi connectivity index (χ1n) is 12.9. The second-order valence-electron chi connectivity index (χ2n) is 11.5. The molecule has 0 saturated heterocycles. The monoisotopic (exact) mass is 469 g/mol. The van der Waals surface area contributed by atoms with E-state index in [-0.39, 0.29) is 23.5 Å². The van der Waals surface area contributed by atoms with E-state index in [1.165, 1.54) is 5.57 Å². The fourth-order valence-corrected chi connectivity index (χ4v) is 7.63. The Morgan fingerprint density at radius 3 is 2.71 bits per heavy atom. The SMILES string of the molecule is C=C1CC[C@H]2[C@H](CCNC(=O)c3ccc4c(c3)OCO4)[C@@H]([C@@]3(C)CC[C@H](O)C[C@@H]3O)CC[C@]12C. The Kier molecular flexibility index (Phi) is 6.18. The molecule has 0 aromatic heterocycles. The number of hydrogen-bond donors (Lipinski definition) is 3. The summed E-state index contributed by atoms with van der Waals surface area (Å²) in [5.74, 6) is 2.49. The molecule has 0 bridgehead atoms. The van der Waals surface area contributed by atoms with E-state index in [2.05, 4.69) is 25.7 Å². The van der Waals surface area contributed by atoms with Crippen LogP contribution in [0.3, 0.4) is 0 Å². The van der Waals surface area contributed by atoms with E-state index in [0.29, 0.717) is 47.8 Å². The molecule has 4 aliphatic rings. The van der Waals surface area contributed by atoms with E-state index in [1.54, 1.807) is 18.2 Å². The van der Waals surface area contributed by atoms with Gasteiger partial charge in [0.05, 0.1) is 12.2 Å². The topological polar surface area (TPSA) is 88.0 Å². The van der Waals surface area contributed by atoms with Gasteiger partial charge in [0.1, 0.15) is 0 Å². The molecule has 1 aliphatic heterocycles. The summed E-state index contributed by atoms with van der Waals surface area (Å²) >= 11 is 0. The predicted octanol–water partition coefficient (Wildman–Crippen LogP) is 4.45. The number of fused-ring (bicyclic) bond motifs is 2. The first-order valence-corrected chi connectivity index (χ1v) is 12.9. The molecule has 1 amide bonds. The molecule has 3 N–H and O–H groups in total. The number of nitrogens with one attached hydrogen (secondary N) is 1. The van der Waals surface area contributed by atoms with Crippen molar-refractivity contribution in [1.82, 2.24) is 5.32 Å². The lowest BCUT2D eigenvalue weighted by Crippen LogP contribution is -2.52. The molecule has 6 nitrogen and oxygen atoms in total. The fourth-order valence-electron chi connectivity index (χ4n) is 7.63. The summed E-state index contributed by atoms with van der Waals surface area (Å²) in [6.07, 6.45) is 6.48. The van der Waals surface area contributed by atoms with E-state index in [0.717, 1.165) is 44.9 Å². The lowest BCUT2D eigenvalue weighted by atomic mass is 9.50. The number of aliphatic hydroxyl groups is 2. The van der Waals surface area contributed by atoms with Crippen LogP contribution in [0.15, 0.2) is 30.4 Å². The van der Waals surface area contributed by atoms with E-state index >= 15 is 0 Å². The Labute approximate surface area is 202 Å². The summed E-state index contributed by atoms with van der Waals surface area (Å²) in [6.45, 7) is 9.83. The number of aliphatic hydroxyl groups excluding tert-OH is 2. The van der Waals surface area contributed by atoms with Gasteiger partial charge in [-0.15, -0.1) is 0 Å². The Morgan fingerprint density at radius 2 is 1.91 bits per heavy atom. The third-order valence-electron chi connectivity index (χ3n) is 9.91. The van der Waals surface area contributed by atoms with Crippen LogP contribution in [0.5, 0.6) is 11.5 Å². The highest BCUT2D eigenvalue weighted by atomic mass is 16.7. The normalized spacial score (nSPS) is 39.1. The van der Waals surface area contributed by atoms with Gasteiger partial charge in [-0.3, -0.25) is 4.79 Å². The molecule has 3 saturated carbocycles. The van der Waals surface area contributed by atoms with Crippen LogP contribution in [0.4, 0.5) is 0 Å². The molecular formula is C28H39NO5. The minimum absolute atomic E-state index is 0.101. The fraction of sp³-hybridized carbons (Fsp3) is 0.679. The quantitative estimate of drug-likeness (QED) is 0.555. The van der Waals surface area contributed by atoms with Crippen LogP contribution in [0.25, 0.3) is 0 Å². The number of benzene rings is 1. The number of rotatable bonds is 5. The van der Waals surface area contributed by atoms with Crippen molar-refractivity contribution in [2.24, 2.45) is 28.6 Å². The molecule has 1 aromatic carbocycles. The number of hydrogen-bond acceptors (Lipinski definition) is 5. The summed E-state index contributed by atoms with van der Waals surface area (Å²) < 4.78 is 10.8. The van der Waals surface area contributed by atoms with Gasteiger partial charge in [-0.1, -0.05) is 26.0 Å². The van der Waals surface area contributed by atoms with Crippen molar-refractivity contribution < 1.29 is 24.5 Å². The second kappa shape index (κ2) is 8.87. The highest BCUT2D eigenvalue weighted by molar-refractivity contribution is 5.94. The van der Waals surface area contributed by atoms with Gasteiger partial charge in [0.15, 0.2) is 11.5 Å². The van der Waals surface area contributed by atoms with Gasteiger partial charge in [0, 0.05) is 12.1 Å². The third-order valence-corrected chi connectivity index (χ3v) is 9.91. The van der Waals surface area contributed by atoms with Gasteiger partial charge in [-0.2, -0.15) is 0 Å². The number of allylic oxidation sites excluding steroid dienone is 1. The zero-order chi connectivity index (χ0) is 24.1. The number of carbonyl (C=O) groups is 1. The molecule has 5 rings (SSSR count). The van der Waals surface area contributed by atoms with Crippen LogP contribution >= 0.6 is 0 Å². The summed E-state index contributed by atoms with van der Waals surface area (Å²) in [7, 11) is 0. The lowest BCUT2D eigenvalue weighted by molar-refractivity contribution is -0.120. The number of amides is 1. The molecular weight excluding hydrogens is 430 g/mol. The molecule has 3 fully saturated rings. The van der Waals surface area contributed by atoms with Crippen LogP contribution < -0.4 is 14.8 Å². The van der Waals surface area contributed by atoms with Crippen molar-refractivity contribution in [3.8, 4) is 11.5 Å². The Balaban J connectivity index is 1.32. The minimum Gasteiger partial charge on any atom is -0.454 e. The number of ether oxygens (including phenoxy) is 2. The van der Waals surface area contributed by atoms with Gasteiger partial charge >= 0.3 is 0 Å². The smallest absolute Gasteiger partial charge is 0.251 e. The summed E-state index contributed by atoms with van der Waals surface area (Å²) in [6, 6.07) is 5.29. The van der Waals surface area contributed by atoms with Gasteiger partial charge in [0.25, 0.3) is 5.91 Å². The molecule has 1 aromatic rings. The van der Waals surface area contributed by atoms with Crippen molar-refractivity contribution in [3.05, 3.63) is 35.9 Å². The van der Waals surface area contributed by atoms with E-state index in [9.17, 15) is 15.0 Å². The zero-order valence-electron chi connectivity index (χ0n) is 20.5. The molecule has 3 aliphatic carbocycles. The molecule has 6 heteroatoms. The maximum Gasteiger partial charge on any atom is 0.251 e. The molecule has 34 heavy (non-hydrogen) atoms. The van der Waals surface area contributed by atoms with Crippen LogP contribution in [0.2, 0.25) is 0 Å². The van der Waals surface area contributed by atoms with Gasteiger partial charge in [-0.05, 0) is 98.1 Å². The van der Waals surface area contributed by atoms with Crippen LogP contribution in [0, 0.1) is 28.6 Å². The first-order chi connectivity index (χ1) is 16.2. The summed E-state index contributed by atoms with van der Waals surface area (Å²) in [4.78, 5) is 12.9. The maximum absolute atomic E-state index is 12.9. The average molecular weight is 470 g/mol. The van der Waals surface area contributed by atoms with Crippen molar-refractivity contribution in [3.63, 3.8) is 0 Å². The predicted molar refractivity (Wildman–Crippen MR) is 130 cm³/mol. The Hall–Kier alpha value is -2.05. The van der Waals surface area contributed by atoms with Gasteiger partial charge in [-0.25, -0.2) is 0 Å². The lowest BCUT2D eigenvalue weighted by Gasteiger charge is -2.55.